The Kier molecular flexibility index (Phi) is 6.60. The van der Waals surface area contributed by atoms with Crippen molar-refractivity contribution in [2.75, 3.05) is 36.5 Å². The summed E-state index contributed by atoms with van der Waals surface area (Å²) in [5.74, 6) is -1.66. The maximum Gasteiger partial charge on any atom is 0.387 e. The molecule has 11 heteroatoms. The van der Waals surface area contributed by atoms with Gasteiger partial charge in [0.2, 0.25) is 11.8 Å². The number of ether oxygens (including phenoxy) is 2. The summed E-state index contributed by atoms with van der Waals surface area (Å²) in [7, 11) is 0. The summed E-state index contributed by atoms with van der Waals surface area (Å²) in [6.07, 6.45) is 1.53. The molecule has 1 aliphatic carbocycles. The van der Waals surface area contributed by atoms with E-state index in [0.717, 1.165) is 12.8 Å². The van der Waals surface area contributed by atoms with Crippen LogP contribution in [-0.2, 0) is 19.1 Å². The average Bonchev–Trinajstić information content (AvgIpc) is 3.52. The molecule has 0 radical (unpaired) electrons. The lowest BCUT2D eigenvalue weighted by Gasteiger charge is -2.27. The van der Waals surface area contributed by atoms with Gasteiger partial charge in [0.1, 0.15) is 12.6 Å². The molecule has 2 fully saturated rings. The van der Waals surface area contributed by atoms with Crippen molar-refractivity contribution >= 4 is 29.1 Å². The van der Waals surface area contributed by atoms with E-state index in [9.17, 15) is 23.2 Å². The summed E-state index contributed by atoms with van der Waals surface area (Å²) in [6.45, 7) is -2.82. The summed E-state index contributed by atoms with van der Waals surface area (Å²) in [4.78, 5) is 37.7. The number of amides is 3. The molecule has 3 rings (SSSR count). The summed E-state index contributed by atoms with van der Waals surface area (Å²) in [5, 5.41) is 5.00. The highest BCUT2D eigenvalue weighted by Gasteiger charge is 2.32. The molecule has 1 saturated heterocycles. The predicted octanol–water partition coefficient (Wildman–Crippen LogP) is 0.443. The lowest BCUT2D eigenvalue weighted by atomic mass is 10.2. The Bertz CT molecular complexity index is 788. The van der Waals surface area contributed by atoms with Gasteiger partial charge in [0.05, 0.1) is 12.3 Å². The van der Waals surface area contributed by atoms with Crippen LogP contribution in [0.5, 0.6) is 5.75 Å². The van der Waals surface area contributed by atoms with E-state index in [1.807, 2.05) is 0 Å². The van der Waals surface area contributed by atoms with Crippen LogP contribution in [0, 0.1) is 5.92 Å². The van der Waals surface area contributed by atoms with Gasteiger partial charge in [0.15, 0.2) is 5.75 Å². The van der Waals surface area contributed by atoms with Crippen LogP contribution in [-0.4, -0.2) is 56.7 Å². The van der Waals surface area contributed by atoms with Gasteiger partial charge in [-0.2, -0.15) is 8.78 Å². The number of nitrogens with two attached hydrogens (primary N) is 1. The normalized spacial score (nSPS) is 17.8. The molecule has 1 aromatic carbocycles. The number of hydrogen-bond donors (Lipinski definition) is 3. The zero-order valence-corrected chi connectivity index (χ0v) is 15.5. The lowest BCUT2D eigenvalue weighted by Crippen LogP contribution is -2.48. The van der Waals surface area contributed by atoms with Crippen molar-refractivity contribution in [1.82, 2.24) is 5.32 Å². The Balaban J connectivity index is 1.76. The van der Waals surface area contributed by atoms with E-state index < -0.39 is 18.6 Å². The molecule has 1 aromatic rings. The van der Waals surface area contributed by atoms with Gasteiger partial charge in [-0.1, -0.05) is 0 Å². The molecule has 29 heavy (non-hydrogen) atoms. The van der Waals surface area contributed by atoms with Gasteiger partial charge >= 0.3 is 6.61 Å². The smallest absolute Gasteiger partial charge is 0.387 e. The maximum absolute atomic E-state index is 12.9. The number of nitrogens with zero attached hydrogens (tertiary/aromatic N) is 1. The summed E-state index contributed by atoms with van der Waals surface area (Å²) in [5.41, 5.74) is 5.88. The first kappa shape index (κ1) is 20.9. The summed E-state index contributed by atoms with van der Waals surface area (Å²) in [6, 6.07) is 3.08. The van der Waals surface area contributed by atoms with E-state index in [-0.39, 0.29) is 48.9 Å². The monoisotopic (exact) mass is 412 g/mol. The minimum atomic E-state index is -3.14. The fraction of sp³-hybridized carbons (Fsp3) is 0.500. The van der Waals surface area contributed by atoms with Gasteiger partial charge in [-0.25, -0.2) is 0 Å². The number of rotatable bonds is 8. The second-order valence-electron chi connectivity index (χ2n) is 6.72. The number of carbonyl (C=O) groups is 3. The number of anilines is 2. The number of hydrogen-bond acceptors (Lipinski definition) is 6. The van der Waals surface area contributed by atoms with Crippen LogP contribution in [0.2, 0.25) is 0 Å². The van der Waals surface area contributed by atoms with Gasteiger partial charge in [-0.05, 0) is 25.0 Å². The van der Waals surface area contributed by atoms with Crippen LogP contribution in [0.25, 0.3) is 0 Å². The van der Waals surface area contributed by atoms with Crippen molar-refractivity contribution in [3.05, 3.63) is 18.2 Å². The summed E-state index contributed by atoms with van der Waals surface area (Å²) < 4.78 is 35.3. The Morgan fingerprint density at radius 2 is 2.10 bits per heavy atom. The number of morpholine rings is 1. The molecule has 3 amide bonds. The van der Waals surface area contributed by atoms with E-state index in [0.29, 0.717) is 12.3 Å². The van der Waals surface area contributed by atoms with E-state index in [1.165, 1.54) is 23.1 Å². The van der Waals surface area contributed by atoms with Crippen LogP contribution in [0.3, 0.4) is 0 Å². The number of carbonyl (C=O) groups excluding carboxylic acids is 3. The topological polar surface area (TPSA) is 123 Å². The highest BCUT2D eigenvalue weighted by Crippen LogP contribution is 2.32. The van der Waals surface area contributed by atoms with E-state index >= 15 is 0 Å². The largest absolute Gasteiger partial charge is 0.433 e. The summed E-state index contributed by atoms with van der Waals surface area (Å²) >= 11 is 0. The fourth-order valence-corrected chi connectivity index (χ4v) is 2.85. The predicted molar refractivity (Wildman–Crippen MR) is 98.6 cm³/mol. The van der Waals surface area contributed by atoms with Crippen LogP contribution in [0.15, 0.2) is 18.2 Å². The number of benzene rings is 1. The zero-order valence-electron chi connectivity index (χ0n) is 15.5. The van der Waals surface area contributed by atoms with Crippen molar-refractivity contribution in [2.45, 2.75) is 25.5 Å². The van der Waals surface area contributed by atoms with E-state index in [4.69, 9.17) is 10.5 Å². The molecule has 1 saturated carbocycles. The van der Waals surface area contributed by atoms with E-state index in [1.54, 1.807) is 0 Å². The third kappa shape index (κ3) is 5.39. The molecule has 1 heterocycles. The standard InChI is InChI=1S/C18H22F2N4O5/c19-18(20)29-14-7-11(24-5-6-28-9-15(24)25)3-4-12(14)22-17(27)13(8-21)23-16(26)10-1-2-10/h3-4,7,10,13,18H,1-2,5-6,8-9,21H2,(H,22,27)(H,23,26)/t13-/m0/s1. The van der Waals surface area contributed by atoms with Gasteiger partial charge in [0.25, 0.3) is 5.91 Å². The van der Waals surface area contributed by atoms with Crippen LogP contribution in [0.4, 0.5) is 20.2 Å². The second kappa shape index (κ2) is 9.14. The van der Waals surface area contributed by atoms with Gasteiger partial charge in [-0.3, -0.25) is 14.4 Å². The van der Waals surface area contributed by atoms with Crippen molar-refractivity contribution in [3.63, 3.8) is 0 Å². The Morgan fingerprint density at radius 3 is 2.72 bits per heavy atom. The molecule has 2 aliphatic rings. The third-order valence-corrected chi connectivity index (χ3v) is 4.55. The minimum Gasteiger partial charge on any atom is -0.433 e. The average molecular weight is 412 g/mol. The Hall–Kier alpha value is -2.79. The Morgan fingerprint density at radius 1 is 1.34 bits per heavy atom. The van der Waals surface area contributed by atoms with Crippen LogP contribution in [0.1, 0.15) is 12.8 Å². The zero-order chi connectivity index (χ0) is 21.0. The van der Waals surface area contributed by atoms with Crippen molar-refractivity contribution in [3.8, 4) is 5.75 Å². The Labute approximate surface area is 165 Å². The molecular formula is C18H22F2N4O5. The molecule has 158 valence electrons. The molecule has 1 atom stereocenters. The van der Waals surface area contributed by atoms with Gasteiger partial charge in [-0.15, -0.1) is 0 Å². The maximum atomic E-state index is 12.9. The van der Waals surface area contributed by atoms with Gasteiger partial charge in [0, 0.05) is 30.8 Å². The minimum absolute atomic E-state index is 0.0288. The highest BCUT2D eigenvalue weighted by molar-refractivity contribution is 6.00. The molecule has 0 aromatic heterocycles. The molecular weight excluding hydrogens is 390 g/mol. The molecule has 9 nitrogen and oxygen atoms in total. The molecule has 0 spiro atoms. The highest BCUT2D eigenvalue weighted by atomic mass is 19.3. The van der Waals surface area contributed by atoms with Crippen molar-refractivity contribution < 1.29 is 32.6 Å². The molecule has 1 aliphatic heterocycles. The van der Waals surface area contributed by atoms with Crippen LogP contribution < -0.4 is 26.0 Å². The lowest BCUT2D eigenvalue weighted by molar-refractivity contribution is -0.127. The first-order valence-corrected chi connectivity index (χ1v) is 9.17. The molecule has 0 bridgehead atoms. The second-order valence-corrected chi connectivity index (χ2v) is 6.72. The first-order chi connectivity index (χ1) is 13.9. The van der Waals surface area contributed by atoms with Crippen molar-refractivity contribution in [1.29, 1.82) is 0 Å². The van der Waals surface area contributed by atoms with Crippen molar-refractivity contribution in [2.24, 2.45) is 11.7 Å². The van der Waals surface area contributed by atoms with Gasteiger partial charge < -0.3 is 30.7 Å². The molecule has 4 N–H and O–H groups in total. The fourth-order valence-electron chi connectivity index (χ4n) is 2.85. The molecule has 0 unspecified atom stereocenters. The van der Waals surface area contributed by atoms with Crippen LogP contribution >= 0.6 is 0 Å². The number of halogens is 2. The van der Waals surface area contributed by atoms with E-state index in [2.05, 4.69) is 15.4 Å². The quantitative estimate of drug-likeness (QED) is 0.570. The number of nitrogens with one attached hydrogen (secondary N) is 2. The number of alkyl halides is 2. The SMILES string of the molecule is NC[C@H](NC(=O)C1CC1)C(=O)Nc1ccc(N2CCOCC2=O)cc1OC(F)F. The first-order valence-electron chi connectivity index (χ1n) is 9.17. The third-order valence-electron chi connectivity index (χ3n) is 4.55.